The highest BCUT2D eigenvalue weighted by molar-refractivity contribution is 7.15. The third kappa shape index (κ3) is 4.46. The predicted octanol–water partition coefficient (Wildman–Crippen LogP) is 1.95. The van der Waals surface area contributed by atoms with Crippen molar-refractivity contribution in [1.29, 1.82) is 0 Å². The van der Waals surface area contributed by atoms with Gasteiger partial charge in [-0.2, -0.15) is 0 Å². The van der Waals surface area contributed by atoms with Crippen molar-refractivity contribution in [1.82, 2.24) is 20.1 Å². The van der Waals surface area contributed by atoms with Crippen LogP contribution in [0, 0.1) is 32.6 Å². The minimum Gasteiger partial charge on any atom is -0.395 e. The number of nitrogens with two attached hydrogens (primary N) is 1. The van der Waals surface area contributed by atoms with Crippen molar-refractivity contribution in [2.45, 2.75) is 33.2 Å². The molecule has 0 aliphatic carbocycles. The first-order valence-corrected chi connectivity index (χ1v) is 11.5. The van der Waals surface area contributed by atoms with E-state index in [1.807, 2.05) is 35.8 Å². The monoisotopic (exact) mass is 462 g/mol. The van der Waals surface area contributed by atoms with Gasteiger partial charge in [0.05, 0.1) is 25.3 Å². The van der Waals surface area contributed by atoms with Crippen LogP contribution >= 0.6 is 11.3 Å². The summed E-state index contributed by atoms with van der Waals surface area (Å²) in [6, 6.07) is 7.38. The molecule has 1 amide bonds. The molecule has 170 valence electrons. The van der Waals surface area contributed by atoms with E-state index in [-0.39, 0.29) is 25.5 Å². The zero-order valence-electron chi connectivity index (χ0n) is 18.8. The quantitative estimate of drug-likeness (QED) is 0.501. The molecule has 0 radical (unpaired) electrons. The Labute approximate surface area is 196 Å². The van der Waals surface area contributed by atoms with E-state index in [0.29, 0.717) is 12.4 Å². The molecule has 1 atom stereocenters. The summed E-state index contributed by atoms with van der Waals surface area (Å²) in [4.78, 5) is 18.8. The summed E-state index contributed by atoms with van der Waals surface area (Å²) < 4.78 is 2.02. The lowest BCUT2D eigenvalue weighted by Crippen LogP contribution is -2.28. The topological polar surface area (TPSA) is 118 Å². The number of thiophene rings is 1. The molecule has 4 rings (SSSR count). The summed E-state index contributed by atoms with van der Waals surface area (Å²) in [5.74, 6) is 7.10. The second kappa shape index (κ2) is 9.67. The first kappa shape index (κ1) is 22.9. The van der Waals surface area contributed by atoms with Crippen molar-refractivity contribution in [2.24, 2.45) is 10.7 Å². The molecular weight excluding hydrogens is 436 g/mol. The Kier molecular flexibility index (Phi) is 6.70. The Bertz CT molecular complexity index is 1280. The standard InChI is InChI=1S/C24H26N6O2S/c1-14-15(2)33-24-21(14)22(18-8-6-17(7-9-18)5-4-10-25)27-19(13-20(32)26-11-12-31)23-29-28-16(3)30(23)24/h6-9,19,31H,10-13,25H2,1-3H3,(H,26,32)/t19-/m0/s1. The van der Waals surface area contributed by atoms with Crippen molar-refractivity contribution in [2.75, 3.05) is 19.7 Å². The van der Waals surface area contributed by atoms with E-state index in [0.717, 1.165) is 38.8 Å². The number of aryl methyl sites for hydroxylation is 2. The molecule has 8 nitrogen and oxygen atoms in total. The number of amides is 1. The van der Waals surface area contributed by atoms with Crippen LogP contribution in [0.5, 0.6) is 0 Å². The number of carbonyl (C=O) groups is 1. The lowest BCUT2D eigenvalue weighted by atomic mass is 9.98. The van der Waals surface area contributed by atoms with Gasteiger partial charge >= 0.3 is 0 Å². The zero-order chi connectivity index (χ0) is 23.5. The first-order valence-electron chi connectivity index (χ1n) is 10.7. The van der Waals surface area contributed by atoms with Crippen molar-refractivity contribution < 1.29 is 9.90 Å². The number of hydrogen-bond donors (Lipinski definition) is 3. The molecule has 1 aliphatic rings. The van der Waals surface area contributed by atoms with Crippen LogP contribution in [0.4, 0.5) is 0 Å². The van der Waals surface area contributed by atoms with Crippen LogP contribution in [-0.4, -0.2) is 51.2 Å². The summed E-state index contributed by atoms with van der Waals surface area (Å²) in [6.07, 6.45) is 0.106. The van der Waals surface area contributed by atoms with Crippen LogP contribution in [0.1, 0.15) is 51.2 Å². The maximum atomic E-state index is 12.5. The van der Waals surface area contributed by atoms with Crippen molar-refractivity contribution in [3.8, 4) is 16.8 Å². The summed E-state index contributed by atoms with van der Waals surface area (Å²) in [5, 5.41) is 21.5. The van der Waals surface area contributed by atoms with E-state index >= 15 is 0 Å². The molecule has 0 bridgehead atoms. The van der Waals surface area contributed by atoms with Crippen molar-refractivity contribution in [3.05, 3.63) is 63.0 Å². The van der Waals surface area contributed by atoms with Gasteiger partial charge in [-0.15, -0.1) is 21.5 Å². The highest BCUT2D eigenvalue weighted by atomic mass is 32.1. The van der Waals surface area contributed by atoms with Crippen molar-refractivity contribution in [3.63, 3.8) is 0 Å². The summed E-state index contributed by atoms with van der Waals surface area (Å²) in [6.45, 7) is 6.49. The number of aliphatic hydroxyl groups excluding tert-OH is 1. The number of rotatable bonds is 5. The van der Waals surface area contributed by atoms with Gasteiger partial charge in [-0.3, -0.25) is 14.4 Å². The van der Waals surface area contributed by atoms with Gasteiger partial charge in [0.25, 0.3) is 0 Å². The molecule has 0 saturated heterocycles. The summed E-state index contributed by atoms with van der Waals surface area (Å²) in [5.41, 5.74) is 10.3. The van der Waals surface area contributed by atoms with E-state index in [2.05, 4.69) is 41.2 Å². The Hall–Kier alpha value is -3.32. The molecule has 1 aliphatic heterocycles. The zero-order valence-corrected chi connectivity index (χ0v) is 19.7. The average molecular weight is 463 g/mol. The van der Waals surface area contributed by atoms with Gasteiger partial charge in [0.2, 0.25) is 5.91 Å². The van der Waals surface area contributed by atoms with Crippen LogP contribution in [-0.2, 0) is 4.79 Å². The number of nitrogens with zero attached hydrogens (tertiary/aromatic N) is 4. The number of aliphatic hydroxyl groups is 1. The van der Waals surface area contributed by atoms with Gasteiger partial charge in [0.1, 0.15) is 16.9 Å². The number of benzene rings is 1. The van der Waals surface area contributed by atoms with Gasteiger partial charge in [-0.1, -0.05) is 24.0 Å². The van der Waals surface area contributed by atoms with Gasteiger partial charge in [-0.05, 0) is 38.5 Å². The van der Waals surface area contributed by atoms with Gasteiger partial charge in [0, 0.05) is 28.1 Å². The second-order valence-corrected chi connectivity index (χ2v) is 8.96. The molecule has 0 spiro atoms. The SMILES string of the molecule is Cc1sc2c(c1C)C(c1ccc(C#CCN)cc1)=N[C@@H](CC(=O)NCCO)c1nnc(C)n1-2. The lowest BCUT2D eigenvalue weighted by molar-refractivity contribution is -0.121. The smallest absolute Gasteiger partial charge is 0.222 e. The van der Waals surface area contributed by atoms with Gasteiger partial charge in [0.15, 0.2) is 5.82 Å². The highest BCUT2D eigenvalue weighted by Crippen LogP contribution is 2.39. The number of nitrogens with one attached hydrogen (secondary N) is 1. The van der Waals surface area contributed by atoms with Gasteiger partial charge < -0.3 is 16.2 Å². The second-order valence-electron chi connectivity index (χ2n) is 7.76. The average Bonchev–Trinajstić information content (AvgIpc) is 3.29. The number of aliphatic imine (C=N–C) groups is 1. The molecule has 4 N–H and O–H groups in total. The Morgan fingerprint density at radius 2 is 2.00 bits per heavy atom. The normalized spacial score (nSPS) is 14.5. The third-order valence-electron chi connectivity index (χ3n) is 5.55. The highest BCUT2D eigenvalue weighted by Gasteiger charge is 2.32. The van der Waals surface area contributed by atoms with Crippen LogP contribution in [0.3, 0.4) is 0 Å². The molecule has 33 heavy (non-hydrogen) atoms. The fraction of sp³-hybridized carbons (Fsp3) is 0.333. The molecule has 3 heterocycles. The summed E-state index contributed by atoms with van der Waals surface area (Å²) >= 11 is 1.67. The molecule has 0 fully saturated rings. The Balaban J connectivity index is 1.87. The molecule has 2 aromatic heterocycles. The van der Waals surface area contributed by atoms with E-state index in [4.69, 9.17) is 15.8 Å². The van der Waals surface area contributed by atoms with E-state index in [1.54, 1.807) is 11.3 Å². The van der Waals surface area contributed by atoms with E-state index in [1.165, 1.54) is 4.88 Å². The maximum absolute atomic E-state index is 12.5. The lowest BCUT2D eigenvalue weighted by Gasteiger charge is -2.13. The van der Waals surface area contributed by atoms with E-state index < -0.39 is 6.04 Å². The third-order valence-corrected chi connectivity index (χ3v) is 6.74. The summed E-state index contributed by atoms with van der Waals surface area (Å²) in [7, 11) is 0. The van der Waals surface area contributed by atoms with Crippen molar-refractivity contribution >= 4 is 23.0 Å². The van der Waals surface area contributed by atoms with Crippen LogP contribution in [0.25, 0.3) is 5.00 Å². The maximum Gasteiger partial charge on any atom is 0.222 e. The Morgan fingerprint density at radius 1 is 1.24 bits per heavy atom. The largest absolute Gasteiger partial charge is 0.395 e. The number of hydrogen-bond acceptors (Lipinski definition) is 7. The molecule has 3 aromatic rings. The molecule has 1 aromatic carbocycles. The van der Waals surface area contributed by atoms with Crippen LogP contribution in [0.2, 0.25) is 0 Å². The molecule has 0 saturated carbocycles. The number of aromatic nitrogens is 3. The minimum absolute atomic E-state index is 0.106. The Morgan fingerprint density at radius 3 is 2.70 bits per heavy atom. The van der Waals surface area contributed by atoms with E-state index in [9.17, 15) is 4.79 Å². The van der Waals surface area contributed by atoms with Crippen LogP contribution in [0.15, 0.2) is 29.3 Å². The fourth-order valence-corrected chi connectivity index (χ4v) is 5.05. The van der Waals surface area contributed by atoms with Crippen LogP contribution < -0.4 is 11.1 Å². The molecule has 9 heteroatoms. The number of fused-ring (bicyclic) bond motifs is 3. The fourth-order valence-electron chi connectivity index (χ4n) is 3.83. The number of carbonyl (C=O) groups excluding carboxylic acids is 1. The minimum atomic E-state index is -0.518. The van der Waals surface area contributed by atoms with Gasteiger partial charge in [-0.25, -0.2) is 0 Å². The molecular formula is C24H26N6O2S. The molecule has 0 unspecified atom stereocenters. The predicted molar refractivity (Wildman–Crippen MR) is 129 cm³/mol. The first-order chi connectivity index (χ1) is 15.9.